The average Bonchev–Trinajstić information content (AvgIpc) is 2.77. The summed E-state index contributed by atoms with van der Waals surface area (Å²) in [5, 5.41) is 3.01. The van der Waals surface area contributed by atoms with Crippen molar-refractivity contribution in [1.29, 1.82) is 0 Å². The van der Waals surface area contributed by atoms with E-state index in [4.69, 9.17) is 11.6 Å². The molecule has 0 spiro atoms. The molecule has 0 atom stereocenters. The van der Waals surface area contributed by atoms with Crippen LogP contribution in [0.4, 0.5) is 5.69 Å². The highest BCUT2D eigenvalue weighted by molar-refractivity contribution is 7.89. The zero-order valence-electron chi connectivity index (χ0n) is 17.2. The fourth-order valence-corrected chi connectivity index (χ4v) is 5.54. The maximum absolute atomic E-state index is 13.0. The van der Waals surface area contributed by atoms with Crippen LogP contribution < -0.4 is 10.2 Å². The first-order chi connectivity index (χ1) is 14.4. The minimum Gasteiger partial charge on any atom is -0.375 e. The number of nitrogens with one attached hydrogen (secondary N) is 1. The number of nitrogens with zero attached hydrogens (tertiary/aromatic N) is 2. The largest absolute Gasteiger partial charge is 0.375 e. The number of benzene rings is 2. The first kappa shape index (κ1) is 22.6. The molecule has 162 valence electrons. The summed E-state index contributed by atoms with van der Waals surface area (Å²) in [6, 6.07) is 14.5. The van der Waals surface area contributed by atoms with Gasteiger partial charge in [-0.2, -0.15) is 4.31 Å². The summed E-state index contributed by atoms with van der Waals surface area (Å²) >= 11 is 6.18. The van der Waals surface area contributed by atoms with Gasteiger partial charge in [-0.25, -0.2) is 8.42 Å². The molecule has 0 saturated carbocycles. The third-order valence-electron chi connectivity index (χ3n) is 5.28. The van der Waals surface area contributed by atoms with E-state index < -0.39 is 10.0 Å². The quantitative estimate of drug-likeness (QED) is 0.623. The van der Waals surface area contributed by atoms with Gasteiger partial charge in [0.1, 0.15) is 4.90 Å². The van der Waals surface area contributed by atoms with Crippen LogP contribution in [-0.2, 0) is 10.0 Å². The Morgan fingerprint density at radius 3 is 2.50 bits per heavy atom. The number of carbonyl (C=O) groups excluding carboxylic acids is 1. The molecule has 1 fully saturated rings. The van der Waals surface area contributed by atoms with Gasteiger partial charge in [-0.1, -0.05) is 36.2 Å². The van der Waals surface area contributed by atoms with E-state index in [9.17, 15) is 13.2 Å². The highest BCUT2D eigenvalue weighted by Crippen LogP contribution is 2.27. The van der Waals surface area contributed by atoms with Gasteiger partial charge < -0.3 is 10.2 Å². The smallest absolute Gasteiger partial charge is 0.251 e. The molecule has 8 heteroatoms. The second kappa shape index (κ2) is 10.3. The Balaban J connectivity index is 1.59. The number of carbonyl (C=O) groups is 1. The summed E-state index contributed by atoms with van der Waals surface area (Å²) < 4.78 is 27.4. The van der Waals surface area contributed by atoms with Crippen molar-refractivity contribution in [3.63, 3.8) is 0 Å². The van der Waals surface area contributed by atoms with Crippen LogP contribution in [0.25, 0.3) is 0 Å². The van der Waals surface area contributed by atoms with Gasteiger partial charge in [0.25, 0.3) is 5.91 Å². The van der Waals surface area contributed by atoms with Crippen molar-refractivity contribution in [2.45, 2.75) is 30.6 Å². The van der Waals surface area contributed by atoms with Crippen molar-refractivity contribution in [2.75, 3.05) is 38.1 Å². The van der Waals surface area contributed by atoms with Crippen molar-refractivity contribution >= 4 is 33.2 Å². The predicted molar refractivity (Wildman–Crippen MR) is 121 cm³/mol. The fraction of sp³-hybridized carbons (Fsp3) is 0.409. The first-order valence-corrected chi connectivity index (χ1v) is 12.1. The van der Waals surface area contributed by atoms with Crippen LogP contribution in [0.1, 0.15) is 36.0 Å². The van der Waals surface area contributed by atoms with E-state index in [-0.39, 0.29) is 15.8 Å². The normalized spacial score (nSPS) is 15.0. The molecular weight excluding hydrogens is 422 g/mol. The summed E-state index contributed by atoms with van der Waals surface area (Å²) in [4.78, 5) is 14.7. The van der Waals surface area contributed by atoms with Gasteiger partial charge in [0.05, 0.1) is 5.02 Å². The zero-order chi connectivity index (χ0) is 21.6. The minimum atomic E-state index is -3.70. The fourth-order valence-electron chi connectivity index (χ4n) is 3.52. The molecule has 0 bridgehead atoms. The molecule has 30 heavy (non-hydrogen) atoms. The van der Waals surface area contributed by atoms with Gasteiger partial charge >= 0.3 is 0 Å². The number of amides is 1. The third kappa shape index (κ3) is 5.53. The molecule has 1 N–H and O–H groups in total. The SMILES string of the molecule is CN(CCCNC(=O)c1ccc(Cl)c(S(=O)(=O)N2CCCCC2)c1)c1ccccc1. The predicted octanol–water partition coefficient (Wildman–Crippen LogP) is 3.77. The van der Waals surface area contributed by atoms with Gasteiger partial charge in [-0.05, 0) is 49.6 Å². The van der Waals surface area contributed by atoms with E-state index in [2.05, 4.69) is 10.2 Å². The van der Waals surface area contributed by atoms with Crippen LogP contribution in [-0.4, -0.2) is 51.9 Å². The number of anilines is 1. The molecule has 2 aromatic rings. The minimum absolute atomic E-state index is 0.00234. The van der Waals surface area contributed by atoms with Crippen LogP contribution in [0.15, 0.2) is 53.4 Å². The van der Waals surface area contributed by atoms with Crippen LogP contribution >= 0.6 is 11.6 Å². The van der Waals surface area contributed by atoms with Crippen molar-refractivity contribution < 1.29 is 13.2 Å². The van der Waals surface area contributed by atoms with Gasteiger partial charge in [0, 0.05) is 44.5 Å². The molecule has 6 nitrogen and oxygen atoms in total. The molecule has 1 saturated heterocycles. The van der Waals surface area contributed by atoms with Crippen molar-refractivity contribution in [2.24, 2.45) is 0 Å². The highest BCUT2D eigenvalue weighted by Gasteiger charge is 2.28. The summed E-state index contributed by atoms with van der Waals surface area (Å²) in [6.07, 6.45) is 3.48. The second-order valence-corrected chi connectivity index (χ2v) is 9.79. The van der Waals surface area contributed by atoms with E-state index in [0.29, 0.717) is 25.2 Å². The molecule has 0 unspecified atom stereocenters. The van der Waals surface area contributed by atoms with Crippen LogP contribution in [0.2, 0.25) is 5.02 Å². The molecule has 1 heterocycles. The zero-order valence-corrected chi connectivity index (χ0v) is 18.8. The molecule has 1 amide bonds. The lowest BCUT2D eigenvalue weighted by Crippen LogP contribution is -2.36. The Morgan fingerprint density at radius 2 is 1.80 bits per heavy atom. The van der Waals surface area contributed by atoms with E-state index >= 15 is 0 Å². The molecule has 0 aromatic heterocycles. The number of hydrogen-bond donors (Lipinski definition) is 1. The Kier molecular flexibility index (Phi) is 7.75. The van der Waals surface area contributed by atoms with Gasteiger partial charge in [0.2, 0.25) is 10.0 Å². The number of piperidine rings is 1. The molecule has 2 aromatic carbocycles. The monoisotopic (exact) mass is 449 g/mol. The summed E-state index contributed by atoms with van der Waals surface area (Å²) in [7, 11) is -1.69. The molecule has 3 rings (SSSR count). The number of para-hydroxylation sites is 1. The molecular formula is C22H28ClN3O3S. The molecule has 1 aliphatic rings. The molecule has 0 radical (unpaired) electrons. The number of rotatable bonds is 8. The van der Waals surface area contributed by atoms with E-state index in [1.165, 1.54) is 16.4 Å². The Hall–Kier alpha value is -2.09. The van der Waals surface area contributed by atoms with Crippen molar-refractivity contribution in [3.8, 4) is 0 Å². The number of sulfonamides is 1. The Labute approximate surface area is 183 Å². The lowest BCUT2D eigenvalue weighted by molar-refractivity contribution is 0.0953. The third-order valence-corrected chi connectivity index (χ3v) is 7.66. The van der Waals surface area contributed by atoms with E-state index in [0.717, 1.165) is 37.9 Å². The topological polar surface area (TPSA) is 69.7 Å². The average molecular weight is 450 g/mol. The van der Waals surface area contributed by atoms with Crippen molar-refractivity contribution in [3.05, 3.63) is 59.1 Å². The Morgan fingerprint density at radius 1 is 1.10 bits per heavy atom. The number of hydrogen-bond acceptors (Lipinski definition) is 4. The van der Waals surface area contributed by atoms with Gasteiger partial charge in [0.15, 0.2) is 0 Å². The molecule has 1 aliphatic heterocycles. The van der Waals surface area contributed by atoms with Crippen molar-refractivity contribution in [1.82, 2.24) is 9.62 Å². The Bertz CT molecular complexity index is 961. The van der Waals surface area contributed by atoms with Crippen LogP contribution in [0.3, 0.4) is 0 Å². The summed E-state index contributed by atoms with van der Waals surface area (Å²) in [6.45, 7) is 2.26. The summed E-state index contributed by atoms with van der Waals surface area (Å²) in [5.74, 6) is -0.302. The maximum Gasteiger partial charge on any atom is 0.251 e. The highest BCUT2D eigenvalue weighted by atomic mass is 35.5. The second-order valence-electron chi connectivity index (χ2n) is 7.48. The molecule has 0 aliphatic carbocycles. The number of halogens is 1. The first-order valence-electron chi connectivity index (χ1n) is 10.2. The van der Waals surface area contributed by atoms with Gasteiger partial charge in [-0.3, -0.25) is 4.79 Å². The van der Waals surface area contributed by atoms with E-state index in [1.807, 2.05) is 37.4 Å². The summed E-state index contributed by atoms with van der Waals surface area (Å²) in [5.41, 5.74) is 1.42. The lowest BCUT2D eigenvalue weighted by Gasteiger charge is -2.26. The standard InChI is InChI=1S/C22H28ClN3O3S/c1-25(19-9-4-2-5-10-19)14-8-13-24-22(27)18-11-12-20(23)21(17-18)30(28,29)26-15-6-3-7-16-26/h2,4-5,9-12,17H,3,6-8,13-16H2,1H3,(H,24,27). The van der Waals surface area contributed by atoms with Crippen LogP contribution in [0, 0.1) is 0 Å². The lowest BCUT2D eigenvalue weighted by atomic mass is 10.2. The van der Waals surface area contributed by atoms with Crippen LogP contribution in [0.5, 0.6) is 0 Å². The maximum atomic E-state index is 13.0. The van der Waals surface area contributed by atoms with E-state index in [1.54, 1.807) is 6.07 Å². The van der Waals surface area contributed by atoms with Gasteiger partial charge in [-0.15, -0.1) is 0 Å².